The lowest BCUT2D eigenvalue weighted by Crippen LogP contribution is -2.45. The number of amidine groups is 1. The summed E-state index contributed by atoms with van der Waals surface area (Å²) in [5.41, 5.74) is 1.94. The average Bonchev–Trinajstić information content (AvgIpc) is 2.80. The van der Waals surface area contributed by atoms with Crippen LogP contribution in [0.1, 0.15) is 16.8 Å². The Kier molecular flexibility index (Phi) is 6.32. The van der Waals surface area contributed by atoms with Crippen LogP contribution in [0, 0.1) is 0 Å². The standard InChI is InChI=1S/C24H19N3O4S/c28-21-15-20(22(29)25-18-13-11-16(12-14-18)23(30)31)32-24(26-17-7-3-1-4-8-17)27(21)19-9-5-2-6-10-19/h1-14,20H,15H2,(H,25,29)(H,30,31)/t20-/m0/s1. The predicted octanol–water partition coefficient (Wildman–Crippen LogP) is 4.55. The van der Waals surface area contributed by atoms with Gasteiger partial charge in [-0.1, -0.05) is 48.2 Å². The fourth-order valence-electron chi connectivity index (χ4n) is 3.16. The van der Waals surface area contributed by atoms with Gasteiger partial charge in [-0.05, 0) is 48.5 Å². The van der Waals surface area contributed by atoms with E-state index in [-0.39, 0.29) is 23.8 Å². The average molecular weight is 446 g/mol. The number of para-hydroxylation sites is 2. The Hall–Kier alpha value is -3.91. The number of aromatic carboxylic acids is 1. The van der Waals surface area contributed by atoms with E-state index in [1.807, 2.05) is 60.7 Å². The van der Waals surface area contributed by atoms with Crippen molar-refractivity contribution >= 4 is 51.8 Å². The summed E-state index contributed by atoms with van der Waals surface area (Å²) >= 11 is 1.22. The highest BCUT2D eigenvalue weighted by Crippen LogP contribution is 2.33. The van der Waals surface area contributed by atoms with Gasteiger partial charge in [-0.2, -0.15) is 0 Å². The molecular weight excluding hydrogens is 426 g/mol. The summed E-state index contributed by atoms with van der Waals surface area (Å²) in [4.78, 5) is 43.1. The smallest absolute Gasteiger partial charge is 0.335 e. The van der Waals surface area contributed by atoms with Crippen LogP contribution in [0.15, 0.2) is 89.9 Å². The van der Waals surface area contributed by atoms with Crippen LogP contribution >= 0.6 is 11.8 Å². The quantitative estimate of drug-likeness (QED) is 0.600. The second-order valence-electron chi connectivity index (χ2n) is 6.98. The molecule has 0 radical (unpaired) electrons. The number of anilines is 2. The van der Waals surface area contributed by atoms with Crippen LogP contribution in [0.25, 0.3) is 0 Å². The number of thioether (sulfide) groups is 1. The number of amides is 2. The van der Waals surface area contributed by atoms with Crippen molar-refractivity contribution in [3.63, 3.8) is 0 Å². The van der Waals surface area contributed by atoms with E-state index in [0.717, 1.165) is 0 Å². The molecule has 3 aromatic rings. The Morgan fingerprint density at radius 1 is 0.938 bits per heavy atom. The Morgan fingerprint density at radius 3 is 2.19 bits per heavy atom. The van der Waals surface area contributed by atoms with Crippen molar-refractivity contribution in [2.75, 3.05) is 10.2 Å². The van der Waals surface area contributed by atoms with Crippen LogP contribution < -0.4 is 10.2 Å². The summed E-state index contributed by atoms with van der Waals surface area (Å²) in [7, 11) is 0. The third-order valence-electron chi connectivity index (χ3n) is 4.74. The van der Waals surface area contributed by atoms with Crippen molar-refractivity contribution in [2.45, 2.75) is 11.7 Å². The highest BCUT2D eigenvalue weighted by Gasteiger charge is 2.36. The Bertz CT molecular complexity index is 1160. The molecule has 3 aromatic carbocycles. The Morgan fingerprint density at radius 2 is 1.56 bits per heavy atom. The van der Waals surface area contributed by atoms with E-state index in [1.54, 1.807) is 0 Å². The van der Waals surface area contributed by atoms with Crippen molar-refractivity contribution in [3.05, 3.63) is 90.5 Å². The summed E-state index contributed by atoms with van der Waals surface area (Å²) in [5.74, 6) is -1.62. The molecule has 0 aromatic heterocycles. The number of hydrogen-bond donors (Lipinski definition) is 2. The first-order chi connectivity index (χ1) is 15.5. The fraction of sp³-hybridized carbons (Fsp3) is 0.0833. The number of carbonyl (C=O) groups excluding carboxylic acids is 2. The number of carboxylic acids is 1. The molecule has 7 nitrogen and oxygen atoms in total. The van der Waals surface area contributed by atoms with Gasteiger partial charge in [-0.25, -0.2) is 9.79 Å². The largest absolute Gasteiger partial charge is 0.478 e. The van der Waals surface area contributed by atoms with E-state index in [9.17, 15) is 14.4 Å². The minimum Gasteiger partial charge on any atom is -0.478 e. The minimum absolute atomic E-state index is 0.00636. The molecule has 1 atom stereocenters. The molecule has 0 aliphatic carbocycles. The number of carbonyl (C=O) groups is 3. The summed E-state index contributed by atoms with van der Waals surface area (Å²) in [5, 5.41) is 11.5. The number of carboxylic acid groups (broad SMARTS) is 1. The van der Waals surface area contributed by atoms with Gasteiger partial charge in [0.2, 0.25) is 11.8 Å². The number of aliphatic imine (C=N–C) groups is 1. The molecule has 2 N–H and O–H groups in total. The molecule has 1 saturated heterocycles. The lowest BCUT2D eigenvalue weighted by molar-refractivity contribution is -0.121. The van der Waals surface area contributed by atoms with Crippen molar-refractivity contribution in [1.82, 2.24) is 0 Å². The first kappa shape index (κ1) is 21.3. The molecule has 0 unspecified atom stereocenters. The minimum atomic E-state index is -1.04. The predicted molar refractivity (Wildman–Crippen MR) is 125 cm³/mol. The maximum absolute atomic E-state index is 13.1. The monoisotopic (exact) mass is 445 g/mol. The van der Waals surface area contributed by atoms with Crippen LogP contribution in [0.3, 0.4) is 0 Å². The lowest BCUT2D eigenvalue weighted by atomic mass is 10.2. The van der Waals surface area contributed by atoms with Gasteiger partial charge in [0.1, 0.15) is 5.25 Å². The van der Waals surface area contributed by atoms with Gasteiger partial charge in [0.25, 0.3) is 0 Å². The van der Waals surface area contributed by atoms with Gasteiger partial charge in [-0.15, -0.1) is 0 Å². The molecule has 1 aliphatic heterocycles. The summed E-state index contributed by atoms with van der Waals surface area (Å²) in [6.07, 6.45) is 0.00636. The first-order valence-electron chi connectivity index (χ1n) is 9.84. The lowest BCUT2D eigenvalue weighted by Gasteiger charge is -2.31. The van der Waals surface area contributed by atoms with Crippen molar-refractivity contribution in [3.8, 4) is 0 Å². The van der Waals surface area contributed by atoms with Crippen molar-refractivity contribution in [2.24, 2.45) is 4.99 Å². The fourth-order valence-corrected chi connectivity index (χ4v) is 4.28. The van der Waals surface area contributed by atoms with Crippen LogP contribution in [0.5, 0.6) is 0 Å². The van der Waals surface area contributed by atoms with Gasteiger partial charge < -0.3 is 10.4 Å². The zero-order valence-corrected chi connectivity index (χ0v) is 17.7. The summed E-state index contributed by atoms with van der Waals surface area (Å²) < 4.78 is 0. The van der Waals surface area contributed by atoms with E-state index < -0.39 is 11.2 Å². The van der Waals surface area contributed by atoms with Gasteiger partial charge in [0.05, 0.1) is 16.9 Å². The van der Waals surface area contributed by atoms with E-state index in [0.29, 0.717) is 22.2 Å². The molecule has 1 heterocycles. The number of nitrogens with one attached hydrogen (secondary N) is 1. The van der Waals surface area contributed by atoms with Crippen molar-refractivity contribution in [1.29, 1.82) is 0 Å². The third kappa shape index (κ3) is 4.87. The van der Waals surface area contributed by atoms with Crippen LogP contribution in [-0.4, -0.2) is 33.3 Å². The number of hydrogen-bond acceptors (Lipinski definition) is 5. The first-order valence-corrected chi connectivity index (χ1v) is 10.7. The molecule has 1 fully saturated rings. The topological polar surface area (TPSA) is 99.1 Å². The molecule has 0 spiro atoms. The molecule has 1 aliphatic rings. The second-order valence-corrected chi connectivity index (χ2v) is 8.15. The molecule has 32 heavy (non-hydrogen) atoms. The van der Waals surface area contributed by atoms with Crippen molar-refractivity contribution < 1.29 is 19.5 Å². The number of benzene rings is 3. The zero-order chi connectivity index (χ0) is 22.5. The van der Waals surface area contributed by atoms with Crippen LogP contribution in [-0.2, 0) is 9.59 Å². The molecule has 2 amide bonds. The Balaban J connectivity index is 1.59. The van der Waals surface area contributed by atoms with Gasteiger partial charge >= 0.3 is 5.97 Å². The highest BCUT2D eigenvalue weighted by atomic mass is 32.2. The van der Waals surface area contributed by atoms with Gasteiger partial charge in [0.15, 0.2) is 5.17 Å². The van der Waals surface area contributed by atoms with E-state index in [1.165, 1.54) is 40.9 Å². The molecule has 4 rings (SSSR count). The SMILES string of the molecule is O=C(O)c1ccc(NC(=O)[C@@H]2CC(=O)N(c3ccccc3)C(=Nc3ccccc3)S2)cc1. The maximum Gasteiger partial charge on any atom is 0.335 e. The van der Waals surface area contributed by atoms with E-state index in [2.05, 4.69) is 10.3 Å². The second kappa shape index (κ2) is 9.49. The normalized spacial score (nSPS) is 17.2. The highest BCUT2D eigenvalue weighted by molar-refractivity contribution is 8.15. The van der Waals surface area contributed by atoms with E-state index >= 15 is 0 Å². The zero-order valence-electron chi connectivity index (χ0n) is 16.8. The Labute approximate surface area is 188 Å². The molecule has 160 valence electrons. The summed E-state index contributed by atoms with van der Waals surface area (Å²) in [6.45, 7) is 0. The molecule has 0 saturated carbocycles. The third-order valence-corrected chi connectivity index (χ3v) is 5.89. The van der Waals surface area contributed by atoms with Crippen LogP contribution in [0.4, 0.5) is 17.1 Å². The van der Waals surface area contributed by atoms with Gasteiger partial charge in [0, 0.05) is 12.1 Å². The number of nitrogens with zero attached hydrogens (tertiary/aromatic N) is 2. The maximum atomic E-state index is 13.1. The summed E-state index contributed by atoms with van der Waals surface area (Å²) in [6, 6.07) is 24.3. The molecule has 8 heteroatoms. The van der Waals surface area contributed by atoms with E-state index in [4.69, 9.17) is 5.11 Å². The van der Waals surface area contributed by atoms with Crippen LogP contribution in [0.2, 0.25) is 0 Å². The number of rotatable bonds is 5. The van der Waals surface area contributed by atoms with Gasteiger partial charge in [-0.3, -0.25) is 14.5 Å². The molecular formula is C24H19N3O4S. The molecule has 0 bridgehead atoms.